The van der Waals surface area contributed by atoms with Crippen molar-refractivity contribution in [1.82, 2.24) is 4.90 Å². The third-order valence-electron chi connectivity index (χ3n) is 3.41. The molecule has 0 bridgehead atoms. The molecule has 1 saturated heterocycles. The minimum atomic E-state index is -0.183. The fraction of sp³-hybridized carbons (Fsp3) is 0.846. The lowest BCUT2D eigenvalue weighted by atomic mass is 9.93. The lowest BCUT2D eigenvalue weighted by Gasteiger charge is -2.35. The number of piperidine rings is 1. The Morgan fingerprint density at radius 3 is 2.65 bits per heavy atom. The average Bonchev–Trinajstić information content (AvgIpc) is 2.30. The molecular formula is C13H23NO3. The number of carbonyl (C=O) groups excluding carboxylic acids is 2. The van der Waals surface area contributed by atoms with Gasteiger partial charge in [-0.2, -0.15) is 0 Å². The maximum absolute atomic E-state index is 11.8. The third kappa shape index (κ3) is 3.80. The number of Topliss-reactive ketones (excluding diaryl/α,β-unsaturated/α-hetero) is 1. The number of ether oxygens (including phenoxy) is 1. The zero-order valence-corrected chi connectivity index (χ0v) is 11.1. The average molecular weight is 241 g/mol. The van der Waals surface area contributed by atoms with Crippen molar-refractivity contribution in [3.05, 3.63) is 0 Å². The molecule has 1 fully saturated rings. The quantitative estimate of drug-likeness (QED) is 0.686. The van der Waals surface area contributed by atoms with Crippen LogP contribution in [0.1, 0.15) is 40.0 Å². The first-order valence-corrected chi connectivity index (χ1v) is 6.51. The van der Waals surface area contributed by atoms with Crippen molar-refractivity contribution in [2.45, 2.75) is 46.1 Å². The summed E-state index contributed by atoms with van der Waals surface area (Å²) in [5.41, 5.74) is 0. The van der Waals surface area contributed by atoms with Crippen LogP contribution in [-0.4, -0.2) is 42.4 Å². The molecule has 0 spiro atoms. The van der Waals surface area contributed by atoms with Gasteiger partial charge in [0.25, 0.3) is 0 Å². The highest BCUT2D eigenvalue weighted by atomic mass is 16.5. The minimum Gasteiger partial charge on any atom is -0.465 e. The van der Waals surface area contributed by atoms with Crippen molar-refractivity contribution in [2.24, 2.45) is 5.92 Å². The molecule has 2 unspecified atom stereocenters. The Balaban J connectivity index is 2.62. The van der Waals surface area contributed by atoms with Gasteiger partial charge in [-0.1, -0.05) is 6.92 Å². The summed E-state index contributed by atoms with van der Waals surface area (Å²) >= 11 is 0. The molecular weight excluding hydrogens is 218 g/mol. The SMILES string of the molecule is CCOC(=O)C(CC)N1CCCC(C(C)=O)C1. The summed E-state index contributed by atoms with van der Waals surface area (Å²) in [6.07, 6.45) is 2.68. The molecule has 0 N–H and O–H groups in total. The lowest BCUT2D eigenvalue weighted by Crippen LogP contribution is -2.48. The van der Waals surface area contributed by atoms with E-state index in [0.29, 0.717) is 13.2 Å². The number of nitrogens with zero attached hydrogens (tertiary/aromatic N) is 1. The zero-order chi connectivity index (χ0) is 12.8. The van der Waals surface area contributed by atoms with E-state index in [-0.39, 0.29) is 23.7 Å². The normalized spacial score (nSPS) is 23.1. The monoisotopic (exact) mass is 241 g/mol. The van der Waals surface area contributed by atoms with E-state index < -0.39 is 0 Å². The highest BCUT2D eigenvalue weighted by molar-refractivity contribution is 5.79. The molecule has 0 aromatic carbocycles. The van der Waals surface area contributed by atoms with Gasteiger partial charge < -0.3 is 4.74 Å². The highest BCUT2D eigenvalue weighted by Crippen LogP contribution is 2.21. The molecule has 1 heterocycles. The topological polar surface area (TPSA) is 46.6 Å². The van der Waals surface area contributed by atoms with E-state index in [9.17, 15) is 9.59 Å². The standard InChI is InChI=1S/C13H23NO3/c1-4-12(13(16)17-5-2)14-8-6-7-11(9-14)10(3)15/h11-12H,4-9H2,1-3H3. The van der Waals surface area contributed by atoms with E-state index in [1.807, 2.05) is 13.8 Å². The molecule has 98 valence electrons. The molecule has 0 saturated carbocycles. The zero-order valence-electron chi connectivity index (χ0n) is 11.1. The van der Waals surface area contributed by atoms with Crippen LogP contribution in [0.15, 0.2) is 0 Å². The van der Waals surface area contributed by atoms with Crippen molar-refractivity contribution in [3.8, 4) is 0 Å². The van der Waals surface area contributed by atoms with Crippen molar-refractivity contribution in [1.29, 1.82) is 0 Å². The molecule has 0 aliphatic carbocycles. The summed E-state index contributed by atoms with van der Waals surface area (Å²) in [5, 5.41) is 0. The van der Waals surface area contributed by atoms with Crippen LogP contribution < -0.4 is 0 Å². The predicted octanol–water partition coefficient (Wildman–Crippen LogP) is 1.63. The van der Waals surface area contributed by atoms with Gasteiger partial charge in [-0.3, -0.25) is 14.5 Å². The molecule has 1 aliphatic rings. The number of rotatable bonds is 5. The van der Waals surface area contributed by atoms with E-state index in [0.717, 1.165) is 25.8 Å². The van der Waals surface area contributed by atoms with Crippen LogP contribution in [0.5, 0.6) is 0 Å². The van der Waals surface area contributed by atoms with Crippen molar-refractivity contribution < 1.29 is 14.3 Å². The highest BCUT2D eigenvalue weighted by Gasteiger charge is 2.31. The second-order valence-electron chi connectivity index (χ2n) is 4.62. The fourth-order valence-corrected chi connectivity index (χ4v) is 2.43. The van der Waals surface area contributed by atoms with Gasteiger partial charge in [0.2, 0.25) is 0 Å². The Morgan fingerprint density at radius 2 is 2.12 bits per heavy atom. The maximum atomic E-state index is 11.8. The van der Waals surface area contributed by atoms with Crippen LogP contribution in [0.2, 0.25) is 0 Å². The van der Waals surface area contributed by atoms with Gasteiger partial charge in [-0.15, -0.1) is 0 Å². The Hall–Kier alpha value is -0.900. The second-order valence-corrected chi connectivity index (χ2v) is 4.62. The van der Waals surface area contributed by atoms with E-state index in [1.165, 1.54) is 0 Å². The first-order valence-electron chi connectivity index (χ1n) is 6.51. The Bertz CT molecular complexity index is 278. The number of likely N-dealkylation sites (tertiary alicyclic amines) is 1. The summed E-state index contributed by atoms with van der Waals surface area (Å²) in [7, 11) is 0. The Kier molecular flexibility index (Phi) is 5.62. The molecule has 17 heavy (non-hydrogen) atoms. The van der Waals surface area contributed by atoms with Crippen LogP contribution in [0, 0.1) is 5.92 Å². The minimum absolute atomic E-state index is 0.0900. The Labute approximate surface area is 103 Å². The van der Waals surface area contributed by atoms with E-state index >= 15 is 0 Å². The number of hydrogen-bond acceptors (Lipinski definition) is 4. The third-order valence-corrected chi connectivity index (χ3v) is 3.41. The van der Waals surface area contributed by atoms with Crippen LogP contribution >= 0.6 is 0 Å². The van der Waals surface area contributed by atoms with Gasteiger partial charge in [0.05, 0.1) is 6.61 Å². The van der Waals surface area contributed by atoms with Crippen LogP contribution in [0.3, 0.4) is 0 Å². The van der Waals surface area contributed by atoms with E-state index in [1.54, 1.807) is 6.92 Å². The molecule has 1 aliphatic heterocycles. The molecule has 0 amide bonds. The Morgan fingerprint density at radius 1 is 1.41 bits per heavy atom. The van der Waals surface area contributed by atoms with Crippen molar-refractivity contribution in [2.75, 3.05) is 19.7 Å². The van der Waals surface area contributed by atoms with E-state index in [2.05, 4.69) is 4.90 Å². The fourth-order valence-electron chi connectivity index (χ4n) is 2.43. The summed E-state index contributed by atoms with van der Waals surface area (Å²) in [6.45, 7) is 7.45. The van der Waals surface area contributed by atoms with Crippen LogP contribution in [0.4, 0.5) is 0 Å². The molecule has 1 rings (SSSR count). The van der Waals surface area contributed by atoms with Crippen molar-refractivity contribution >= 4 is 11.8 Å². The first-order chi connectivity index (χ1) is 8.10. The summed E-state index contributed by atoms with van der Waals surface area (Å²) < 4.78 is 5.08. The maximum Gasteiger partial charge on any atom is 0.323 e. The van der Waals surface area contributed by atoms with Gasteiger partial charge in [0.1, 0.15) is 11.8 Å². The molecule has 0 radical (unpaired) electrons. The molecule has 4 nitrogen and oxygen atoms in total. The number of esters is 1. The second kappa shape index (κ2) is 6.74. The summed E-state index contributed by atoms with van der Waals surface area (Å²) in [5.74, 6) is 0.167. The van der Waals surface area contributed by atoms with Gasteiger partial charge in [-0.25, -0.2) is 0 Å². The van der Waals surface area contributed by atoms with Crippen LogP contribution in [-0.2, 0) is 14.3 Å². The molecule has 2 atom stereocenters. The molecule has 0 aromatic heterocycles. The lowest BCUT2D eigenvalue weighted by molar-refractivity contribution is -0.151. The van der Waals surface area contributed by atoms with E-state index in [4.69, 9.17) is 4.74 Å². The molecule has 0 aromatic rings. The van der Waals surface area contributed by atoms with Crippen LogP contribution in [0.25, 0.3) is 0 Å². The largest absolute Gasteiger partial charge is 0.465 e. The molecule has 4 heteroatoms. The summed E-state index contributed by atoms with van der Waals surface area (Å²) in [6, 6.07) is -0.183. The predicted molar refractivity (Wildman–Crippen MR) is 65.7 cm³/mol. The number of ketones is 1. The first kappa shape index (κ1) is 14.2. The van der Waals surface area contributed by atoms with Crippen molar-refractivity contribution in [3.63, 3.8) is 0 Å². The van der Waals surface area contributed by atoms with Gasteiger partial charge in [-0.05, 0) is 39.7 Å². The summed E-state index contributed by atoms with van der Waals surface area (Å²) in [4.78, 5) is 25.3. The van der Waals surface area contributed by atoms with Gasteiger partial charge >= 0.3 is 5.97 Å². The number of carbonyl (C=O) groups is 2. The van der Waals surface area contributed by atoms with Gasteiger partial charge in [0.15, 0.2) is 0 Å². The number of hydrogen-bond donors (Lipinski definition) is 0. The smallest absolute Gasteiger partial charge is 0.323 e. The van der Waals surface area contributed by atoms with Gasteiger partial charge in [0, 0.05) is 12.5 Å².